The molecule has 0 saturated carbocycles. The van der Waals surface area contributed by atoms with Crippen LogP contribution in [-0.2, 0) is 12.8 Å². The first-order valence-corrected chi connectivity index (χ1v) is 6.49. The van der Waals surface area contributed by atoms with E-state index < -0.39 is 0 Å². The van der Waals surface area contributed by atoms with E-state index in [2.05, 4.69) is 46.5 Å². The molecule has 0 radical (unpaired) electrons. The van der Waals surface area contributed by atoms with Gasteiger partial charge >= 0.3 is 0 Å². The van der Waals surface area contributed by atoms with Gasteiger partial charge in [-0.05, 0) is 31.7 Å². The molecule has 1 unspecified atom stereocenters. The number of hydrogen-bond donors (Lipinski definition) is 1. The molecule has 1 aromatic heterocycles. The molecule has 1 heterocycles. The summed E-state index contributed by atoms with van der Waals surface area (Å²) in [5.41, 5.74) is 3.80. The summed E-state index contributed by atoms with van der Waals surface area (Å²) in [6, 6.07) is 10.7. The van der Waals surface area contributed by atoms with Crippen molar-refractivity contribution >= 4 is 5.82 Å². The minimum absolute atomic E-state index is 0.269. The molecule has 1 aromatic carbocycles. The van der Waals surface area contributed by atoms with Crippen LogP contribution in [0, 0.1) is 0 Å². The monoisotopic (exact) mass is 239 g/mol. The Labute approximate surface area is 107 Å². The predicted octanol–water partition coefficient (Wildman–Crippen LogP) is 3.14. The molecule has 0 bridgehead atoms. The van der Waals surface area contributed by atoms with Gasteiger partial charge in [0.05, 0.1) is 0 Å². The molecule has 0 fully saturated rings. The zero-order valence-corrected chi connectivity index (χ0v) is 10.6. The highest BCUT2D eigenvalue weighted by molar-refractivity contribution is 5.49. The van der Waals surface area contributed by atoms with Crippen LogP contribution in [0.1, 0.15) is 36.2 Å². The summed E-state index contributed by atoms with van der Waals surface area (Å²) in [6.45, 7) is 2.17. The average Bonchev–Trinajstić information content (AvgIpc) is 2.89. The Morgan fingerprint density at radius 1 is 1.11 bits per heavy atom. The zero-order valence-electron chi connectivity index (χ0n) is 10.6. The molecular weight excluding hydrogens is 222 g/mol. The van der Waals surface area contributed by atoms with Crippen molar-refractivity contribution in [1.29, 1.82) is 0 Å². The highest BCUT2D eigenvalue weighted by Gasteiger charge is 2.18. The van der Waals surface area contributed by atoms with Gasteiger partial charge in [0, 0.05) is 17.3 Å². The van der Waals surface area contributed by atoms with Gasteiger partial charge in [-0.25, -0.2) is 9.97 Å². The van der Waals surface area contributed by atoms with Crippen molar-refractivity contribution in [3.8, 4) is 0 Å². The van der Waals surface area contributed by atoms with Crippen molar-refractivity contribution in [2.24, 2.45) is 0 Å². The number of benzene rings is 1. The van der Waals surface area contributed by atoms with E-state index in [1.165, 1.54) is 23.2 Å². The summed E-state index contributed by atoms with van der Waals surface area (Å²) < 4.78 is 0. The second kappa shape index (κ2) is 4.77. The fraction of sp³-hybridized carbons (Fsp3) is 0.333. The van der Waals surface area contributed by atoms with Crippen LogP contribution in [0.3, 0.4) is 0 Å². The van der Waals surface area contributed by atoms with E-state index in [1.807, 2.05) is 6.07 Å². The maximum absolute atomic E-state index is 4.39. The van der Waals surface area contributed by atoms with Crippen molar-refractivity contribution in [3.63, 3.8) is 0 Å². The number of nitrogens with one attached hydrogen (secondary N) is 1. The number of rotatable bonds is 3. The van der Waals surface area contributed by atoms with Gasteiger partial charge in [0.25, 0.3) is 0 Å². The van der Waals surface area contributed by atoms with Gasteiger partial charge in [-0.2, -0.15) is 0 Å². The minimum Gasteiger partial charge on any atom is -0.363 e. The maximum atomic E-state index is 4.39. The fourth-order valence-corrected chi connectivity index (χ4v) is 2.51. The number of aromatic nitrogens is 2. The van der Waals surface area contributed by atoms with Crippen LogP contribution in [0.15, 0.2) is 36.7 Å². The van der Waals surface area contributed by atoms with Crippen LogP contribution in [0.4, 0.5) is 5.82 Å². The molecule has 1 atom stereocenters. The normalized spacial score (nSPS) is 15.2. The Morgan fingerprint density at radius 3 is 2.78 bits per heavy atom. The van der Waals surface area contributed by atoms with E-state index in [4.69, 9.17) is 0 Å². The van der Waals surface area contributed by atoms with E-state index in [-0.39, 0.29) is 6.04 Å². The summed E-state index contributed by atoms with van der Waals surface area (Å²) in [6.07, 6.45) is 5.05. The summed E-state index contributed by atoms with van der Waals surface area (Å²) in [4.78, 5) is 8.74. The first-order valence-electron chi connectivity index (χ1n) is 6.49. The van der Waals surface area contributed by atoms with Gasteiger partial charge in [-0.1, -0.05) is 30.3 Å². The first kappa shape index (κ1) is 11.2. The fourth-order valence-electron chi connectivity index (χ4n) is 2.51. The highest BCUT2D eigenvalue weighted by atomic mass is 15.0. The van der Waals surface area contributed by atoms with Crippen molar-refractivity contribution in [2.75, 3.05) is 5.32 Å². The molecule has 0 saturated heterocycles. The smallest absolute Gasteiger partial charge is 0.133 e. The molecule has 3 nitrogen and oxygen atoms in total. The third-order valence-corrected chi connectivity index (χ3v) is 3.53. The molecule has 18 heavy (non-hydrogen) atoms. The topological polar surface area (TPSA) is 37.8 Å². The van der Waals surface area contributed by atoms with Crippen LogP contribution in [-0.4, -0.2) is 9.97 Å². The zero-order chi connectivity index (χ0) is 12.4. The molecule has 3 rings (SSSR count). The van der Waals surface area contributed by atoms with Crippen molar-refractivity contribution < 1.29 is 0 Å². The summed E-state index contributed by atoms with van der Waals surface area (Å²) in [5.74, 6) is 1.01. The molecule has 92 valence electrons. The van der Waals surface area contributed by atoms with Gasteiger partial charge in [0.2, 0.25) is 0 Å². The summed E-state index contributed by atoms with van der Waals surface area (Å²) in [5, 5.41) is 3.51. The number of aryl methyl sites for hydroxylation is 1. The minimum atomic E-state index is 0.269. The first-order chi connectivity index (χ1) is 8.84. The lowest BCUT2D eigenvalue weighted by Gasteiger charge is -2.16. The van der Waals surface area contributed by atoms with Crippen molar-refractivity contribution in [3.05, 3.63) is 53.5 Å². The maximum Gasteiger partial charge on any atom is 0.133 e. The molecular formula is C15H17N3. The van der Waals surface area contributed by atoms with Crippen LogP contribution in [0.25, 0.3) is 0 Å². The van der Waals surface area contributed by atoms with E-state index in [1.54, 1.807) is 6.33 Å². The summed E-state index contributed by atoms with van der Waals surface area (Å²) >= 11 is 0. The lowest BCUT2D eigenvalue weighted by atomic mass is 10.1. The Morgan fingerprint density at radius 2 is 1.94 bits per heavy atom. The average molecular weight is 239 g/mol. The molecule has 0 aliphatic heterocycles. The molecule has 0 spiro atoms. The van der Waals surface area contributed by atoms with E-state index in [0.29, 0.717) is 0 Å². The van der Waals surface area contributed by atoms with Crippen LogP contribution < -0.4 is 5.32 Å². The molecule has 1 N–H and O–H groups in total. The highest BCUT2D eigenvalue weighted by Crippen LogP contribution is 2.27. The standard InChI is InChI=1S/C15H17N3/c1-11(12-6-3-2-4-7-12)18-15-13-8-5-9-14(13)16-10-17-15/h2-4,6-7,10-11H,5,8-9H2,1H3,(H,16,17,18). The Kier molecular flexibility index (Phi) is 2.97. The van der Waals surface area contributed by atoms with Gasteiger partial charge < -0.3 is 5.32 Å². The third-order valence-electron chi connectivity index (χ3n) is 3.53. The van der Waals surface area contributed by atoms with Gasteiger partial charge in [0.1, 0.15) is 12.1 Å². The molecule has 1 aliphatic rings. The Hall–Kier alpha value is -1.90. The lowest BCUT2D eigenvalue weighted by molar-refractivity contribution is 0.863. The van der Waals surface area contributed by atoms with E-state index in [0.717, 1.165) is 18.7 Å². The second-order valence-corrected chi connectivity index (χ2v) is 4.78. The Bertz CT molecular complexity index is 537. The summed E-state index contributed by atoms with van der Waals surface area (Å²) in [7, 11) is 0. The number of nitrogens with zero attached hydrogens (tertiary/aromatic N) is 2. The van der Waals surface area contributed by atoms with Crippen molar-refractivity contribution in [1.82, 2.24) is 9.97 Å². The van der Waals surface area contributed by atoms with Gasteiger partial charge in [0.15, 0.2) is 0 Å². The number of hydrogen-bond acceptors (Lipinski definition) is 3. The second-order valence-electron chi connectivity index (χ2n) is 4.78. The molecule has 2 aromatic rings. The molecule has 1 aliphatic carbocycles. The largest absolute Gasteiger partial charge is 0.363 e. The third kappa shape index (κ3) is 2.08. The molecule has 0 amide bonds. The number of anilines is 1. The van der Waals surface area contributed by atoms with Gasteiger partial charge in [-0.3, -0.25) is 0 Å². The lowest BCUT2D eigenvalue weighted by Crippen LogP contribution is -2.10. The quantitative estimate of drug-likeness (QED) is 0.894. The van der Waals surface area contributed by atoms with E-state index >= 15 is 0 Å². The van der Waals surface area contributed by atoms with Gasteiger partial charge in [-0.15, -0.1) is 0 Å². The SMILES string of the molecule is CC(Nc1ncnc2c1CCC2)c1ccccc1. The Balaban J connectivity index is 1.83. The van der Waals surface area contributed by atoms with E-state index in [9.17, 15) is 0 Å². The number of fused-ring (bicyclic) bond motifs is 1. The predicted molar refractivity (Wildman–Crippen MR) is 72.5 cm³/mol. The molecule has 3 heteroatoms. The van der Waals surface area contributed by atoms with Crippen LogP contribution in [0.5, 0.6) is 0 Å². The van der Waals surface area contributed by atoms with Crippen molar-refractivity contribution in [2.45, 2.75) is 32.2 Å². The van der Waals surface area contributed by atoms with Crippen LogP contribution >= 0.6 is 0 Å². The van der Waals surface area contributed by atoms with Crippen LogP contribution in [0.2, 0.25) is 0 Å².